The molecule has 1 aliphatic rings. The average Bonchev–Trinajstić information content (AvgIpc) is 2.99. The summed E-state index contributed by atoms with van der Waals surface area (Å²) in [6, 6.07) is 3.73. The number of hydrogen-bond acceptors (Lipinski definition) is 5. The summed E-state index contributed by atoms with van der Waals surface area (Å²) in [5.74, 6) is -1.56. The van der Waals surface area contributed by atoms with Gasteiger partial charge in [-0.3, -0.25) is 14.9 Å². The van der Waals surface area contributed by atoms with Crippen LogP contribution in [-0.2, 0) is 14.3 Å². The molecule has 8 nitrogen and oxygen atoms in total. The van der Waals surface area contributed by atoms with Gasteiger partial charge in [0.1, 0.15) is 0 Å². The fraction of sp³-hybridized carbons (Fsp3) is 0.375. The molecule has 0 radical (unpaired) electrons. The first-order valence-electron chi connectivity index (χ1n) is 7.77. The largest absolute Gasteiger partial charge is 0.452 e. The van der Waals surface area contributed by atoms with Crippen LogP contribution in [-0.4, -0.2) is 43.5 Å². The average molecular weight is 368 g/mol. The number of esters is 1. The van der Waals surface area contributed by atoms with Crippen molar-refractivity contribution in [3.05, 3.63) is 28.8 Å². The van der Waals surface area contributed by atoms with Crippen LogP contribution in [0, 0.1) is 0 Å². The monoisotopic (exact) mass is 367 g/mol. The van der Waals surface area contributed by atoms with E-state index < -0.39 is 24.5 Å². The minimum Gasteiger partial charge on any atom is -0.452 e. The Bertz CT molecular complexity index is 707. The summed E-state index contributed by atoms with van der Waals surface area (Å²) in [5, 5.41) is 4.75. The van der Waals surface area contributed by atoms with Gasteiger partial charge in [0.05, 0.1) is 16.3 Å². The highest BCUT2D eigenvalue weighted by molar-refractivity contribution is 6.34. The molecule has 4 amide bonds. The summed E-state index contributed by atoms with van der Waals surface area (Å²) in [6.45, 7) is 2.00. The Balaban J connectivity index is 1.99. The molecule has 0 saturated carbocycles. The molecule has 2 N–H and O–H groups in total. The topological polar surface area (TPSA) is 105 Å². The third kappa shape index (κ3) is 4.93. The molecule has 0 spiro atoms. The lowest BCUT2D eigenvalue weighted by Crippen LogP contribution is -2.41. The second-order valence-corrected chi connectivity index (χ2v) is 5.71. The SMILES string of the molecule is CCNC(=O)NC(=O)COC(=O)c1ccc(Cl)c(N2CCCC2=O)c1. The molecule has 1 aromatic carbocycles. The molecule has 0 atom stereocenters. The van der Waals surface area contributed by atoms with Crippen molar-refractivity contribution in [1.82, 2.24) is 10.6 Å². The molecule has 1 aromatic rings. The number of carbonyl (C=O) groups is 4. The van der Waals surface area contributed by atoms with Gasteiger partial charge in [0.15, 0.2) is 6.61 Å². The number of imide groups is 1. The van der Waals surface area contributed by atoms with Crippen molar-refractivity contribution in [2.24, 2.45) is 0 Å². The van der Waals surface area contributed by atoms with Crippen molar-refractivity contribution in [2.45, 2.75) is 19.8 Å². The Kier molecular flexibility index (Phi) is 6.35. The number of ether oxygens (including phenoxy) is 1. The molecule has 1 saturated heterocycles. The van der Waals surface area contributed by atoms with Gasteiger partial charge in [-0.25, -0.2) is 9.59 Å². The number of nitrogens with one attached hydrogen (secondary N) is 2. The summed E-state index contributed by atoms with van der Waals surface area (Å²) in [6.07, 6.45) is 1.16. The molecule has 1 aliphatic heterocycles. The number of halogens is 1. The lowest BCUT2D eigenvalue weighted by molar-refractivity contribution is -0.123. The summed E-state index contributed by atoms with van der Waals surface area (Å²) >= 11 is 6.11. The number of rotatable bonds is 5. The number of urea groups is 1. The Hall–Kier alpha value is -2.61. The number of anilines is 1. The molecule has 1 fully saturated rings. The number of amides is 4. The van der Waals surface area contributed by atoms with E-state index in [1.165, 1.54) is 23.1 Å². The van der Waals surface area contributed by atoms with E-state index in [4.69, 9.17) is 16.3 Å². The summed E-state index contributed by atoms with van der Waals surface area (Å²) in [7, 11) is 0. The molecule has 9 heteroatoms. The van der Waals surface area contributed by atoms with Crippen LogP contribution in [0.3, 0.4) is 0 Å². The van der Waals surface area contributed by atoms with Crippen molar-refractivity contribution < 1.29 is 23.9 Å². The maximum atomic E-state index is 12.1. The van der Waals surface area contributed by atoms with Gasteiger partial charge >= 0.3 is 12.0 Å². The molecule has 0 unspecified atom stereocenters. The summed E-state index contributed by atoms with van der Waals surface area (Å²) in [5.41, 5.74) is 0.593. The lowest BCUT2D eigenvalue weighted by atomic mass is 10.2. The zero-order valence-corrected chi connectivity index (χ0v) is 14.4. The van der Waals surface area contributed by atoms with Gasteiger partial charge in [-0.15, -0.1) is 0 Å². The molecule has 25 heavy (non-hydrogen) atoms. The zero-order valence-electron chi connectivity index (χ0n) is 13.6. The first-order chi connectivity index (χ1) is 11.9. The van der Waals surface area contributed by atoms with Gasteiger partial charge < -0.3 is 15.0 Å². The van der Waals surface area contributed by atoms with Crippen LogP contribution in [0.15, 0.2) is 18.2 Å². The van der Waals surface area contributed by atoms with Crippen LogP contribution >= 0.6 is 11.6 Å². The van der Waals surface area contributed by atoms with Gasteiger partial charge in [-0.1, -0.05) is 11.6 Å². The van der Waals surface area contributed by atoms with E-state index in [0.29, 0.717) is 30.2 Å². The highest BCUT2D eigenvalue weighted by Crippen LogP contribution is 2.30. The number of hydrogen-bond donors (Lipinski definition) is 2. The molecule has 0 aromatic heterocycles. The molecule has 2 rings (SSSR count). The molecule has 1 heterocycles. The summed E-state index contributed by atoms with van der Waals surface area (Å²) < 4.78 is 4.88. The van der Waals surface area contributed by atoms with Gasteiger partial charge in [-0.2, -0.15) is 0 Å². The maximum absolute atomic E-state index is 12.1. The maximum Gasteiger partial charge on any atom is 0.338 e. The Morgan fingerprint density at radius 3 is 2.72 bits per heavy atom. The van der Waals surface area contributed by atoms with Crippen LogP contribution in [0.25, 0.3) is 0 Å². The van der Waals surface area contributed by atoms with E-state index in [1.807, 2.05) is 5.32 Å². The van der Waals surface area contributed by atoms with E-state index in [0.717, 1.165) is 6.42 Å². The second kappa shape index (κ2) is 8.48. The van der Waals surface area contributed by atoms with Crippen molar-refractivity contribution >= 4 is 41.1 Å². The predicted molar refractivity (Wildman–Crippen MR) is 90.5 cm³/mol. The lowest BCUT2D eigenvalue weighted by Gasteiger charge is -2.18. The van der Waals surface area contributed by atoms with Crippen molar-refractivity contribution in [1.29, 1.82) is 0 Å². The first kappa shape index (κ1) is 18.7. The van der Waals surface area contributed by atoms with E-state index in [-0.39, 0.29) is 11.5 Å². The van der Waals surface area contributed by atoms with Crippen LogP contribution < -0.4 is 15.5 Å². The number of benzene rings is 1. The third-order valence-electron chi connectivity index (χ3n) is 3.47. The van der Waals surface area contributed by atoms with E-state index >= 15 is 0 Å². The van der Waals surface area contributed by atoms with Gasteiger partial charge in [0.2, 0.25) is 5.91 Å². The van der Waals surface area contributed by atoms with Crippen LogP contribution in [0.2, 0.25) is 5.02 Å². The van der Waals surface area contributed by atoms with Crippen LogP contribution in [0.4, 0.5) is 10.5 Å². The second-order valence-electron chi connectivity index (χ2n) is 5.30. The molecule has 134 valence electrons. The quantitative estimate of drug-likeness (QED) is 0.767. The standard InChI is InChI=1S/C16H18ClN3O5/c1-2-18-16(24)19-13(21)9-25-15(23)10-5-6-11(17)12(8-10)20-7-3-4-14(20)22/h5-6,8H,2-4,7,9H2,1H3,(H2,18,19,21,24). The molecule has 0 bridgehead atoms. The fourth-order valence-corrected chi connectivity index (χ4v) is 2.55. The van der Waals surface area contributed by atoms with Crippen LogP contribution in [0.1, 0.15) is 30.1 Å². The van der Waals surface area contributed by atoms with Crippen molar-refractivity contribution in [2.75, 3.05) is 24.6 Å². The highest BCUT2D eigenvalue weighted by Gasteiger charge is 2.24. The Morgan fingerprint density at radius 1 is 1.32 bits per heavy atom. The van der Waals surface area contributed by atoms with E-state index in [2.05, 4.69) is 5.32 Å². The van der Waals surface area contributed by atoms with Gasteiger partial charge in [-0.05, 0) is 31.5 Å². The van der Waals surface area contributed by atoms with Gasteiger partial charge in [0.25, 0.3) is 5.91 Å². The normalized spacial score (nSPS) is 13.5. The van der Waals surface area contributed by atoms with Crippen LogP contribution in [0.5, 0.6) is 0 Å². The minimum atomic E-state index is -0.754. The molecular weight excluding hydrogens is 350 g/mol. The minimum absolute atomic E-state index is 0.0614. The van der Waals surface area contributed by atoms with E-state index in [1.54, 1.807) is 6.92 Å². The Morgan fingerprint density at radius 2 is 2.08 bits per heavy atom. The highest BCUT2D eigenvalue weighted by atomic mass is 35.5. The smallest absolute Gasteiger partial charge is 0.338 e. The van der Waals surface area contributed by atoms with Gasteiger partial charge in [0, 0.05) is 19.5 Å². The zero-order chi connectivity index (χ0) is 18.4. The van der Waals surface area contributed by atoms with Crippen molar-refractivity contribution in [3.8, 4) is 0 Å². The van der Waals surface area contributed by atoms with Crippen molar-refractivity contribution in [3.63, 3.8) is 0 Å². The Labute approximate surface area is 149 Å². The molecular formula is C16H18ClN3O5. The first-order valence-corrected chi connectivity index (χ1v) is 8.15. The summed E-state index contributed by atoms with van der Waals surface area (Å²) in [4.78, 5) is 48.1. The third-order valence-corrected chi connectivity index (χ3v) is 3.79. The fourth-order valence-electron chi connectivity index (χ4n) is 2.33. The number of nitrogens with zero attached hydrogens (tertiary/aromatic N) is 1. The molecule has 0 aliphatic carbocycles. The van der Waals surface area contributed by atoms with E-state index in [9.17, 15) is 19.2 Å². The predicted octanol–water partition coefficient (Wildman–Crippen LogP) is 1.47. The number of carbonyl (C=O) groups excluding carboxylic acids is 4.